The Labute approximate surface area is 98.0 Å². The highest BCUT2D eigenvalue weighted by Crippen LogP contribution is 1.95. The number of nitrogens with two attached hydrogens (primary N) is 1. The number of hydrogen-bond donors (Lipinski definition) is 2. The number of aromatic nitrogens is 3. The minimum Gasteiger partial charge on any atom is -0.480 e. The van der Waals surface area contributed by atoms with E-state index < -0.39 is 5.97 Å². The summed E-state index contributed by atoms with van der Waals surface area (Å²) < 4.78 is 1.34. The van der Waals surface area contributed by atoms with Gasteiger partial charge in [-0.1, -0.05) is 5.21 Å². The standard InChI is InChI=1S/C9H15N5O3/c1-2-13(6-9(16)17)8(15)5-14-4-7(3-10)11-12-14/h4H,2-3,5-6,10H2,1H3,(H,16,17). The van der Waals surface area contributed by atoms with Crippen molar-refractivity contribution in [3.8, 4) is 0 Å². The van der Waals surface area contributed by atoms with E-state index in [1.54, 1.807) is 13.1 Å². The zero-order valence-electron chi connectivity index (χ0n) is 9.54. The van der Waals surface area contributed by atoms with Crippen LogP contribution in [0, 0.1) is 0 Å². The predicted octanol–water partition coefficient (Wildman–Crippen LogP) is -1.33. The first-order chi connectivity index (χ1) is 8.06. The predicted molar refractivity (Wildman–Crippen MR) is 57.8 cm³/mol. The summed E-state index contributed by atoms with van der Waals surface area (Å²) in [5.74, 6) is -1.36. The highest BCUT2D eigenvalue weighted by Gasteiger charge is 2.15. The van der Waals surface area contributed by atoms with E-state index in [1.165, 1.54) is 9.58 Å². The average molecular weight is 241 g/mol. The molecule has 1 aromatic heterocycles. The number of aliphatic carboxylic acids is 1. The highest BCUT2D eigenvalue weighted by atomic mass is 16.4. The van der Waals surface area contributed by atoms with E-state index in [2.05, 4.69) is 10.3 Å². The van der Waals surface area contributed by atoms with Gasteiger partial charge in [0.15, 0.2) is 0 Å². The molecule has 1 aromatic rings. The van der Waals surface area contributed by atoms with Crippen LogP contribution in [0.3, 0.4) is 0 Å². The lowest BCUT2D eigenvalue weighted by Crippen LogP contribution is -2.37. The smallest absolute Gasteiger partial charge is 0.323 e. The van der Waals surface area contributed by atoms with Crippen molar-refractivity contribution in [3.63, 3.8) is 0 Å². The van der Waals surface area contributed by atoms with Gasteiger partial charge in [-0.05, 0) is 6.92 Å². The largest absolute Gasteiger partial charge is 0.480 e. The molecule has 0 aliphatic heterocycles. The summed E-state index contributed by atoms with van der Waals surface area (Å²) in [6, 6.07) is 0. The van der Waals surface area contributed by atoms with Gasteiger partial charge in [0, 0.05) is 13.1 Å². The molecule has 0 bridgehead atoms. The van der Waals surface area contributed by atoms with Crippen LogP contribution < -0.4 is 5.73 Å². The molecule has 0 spiro atoms. The number of amides is 1. The normalized spacial score (nSPS) is 10.2. The first-order valence-corrected chi connectivity index (χ1v) is 5.15. The first kappa shape index (κ1) is 13.1. The molecule has 0 atom stereocenters. The molecular formula is C9H15N5O3. The lowest BCUT2D eigenvalue weighted by molar-refractivity contribution is -0.144. The van der Waals surface area contributed by atoms with Gasteiger partial charge in [0.1, 0.15) is 13.1 Å². The number of nitrogens with zero attached hydrogens (tertiary/aromatic N) is 4. The maximum atomic E-state index is 11.7. The Kier molecular flexibility index (Phi) is 4.58. The van der Waals surface area contributed by atoms with Crippen LogP contribution in [0.1, 0.15) is 12.6 Å². The Hall–Kier alpha value is -1.96. The van der Waals surface area contributed by atoms with E-state index in [0.717, 1.165) is 0 Å². The summed E-state index contributed by atoms with van der Waals surface area (Å²) in [5.41, 5.74) is 5.94. The third-order valence-electron chi connectivity index (χ3n) is 2.15. The second-order valence-corrected chi connectivity index (χ2v) is 3.41. The lowest BCUT2D eigenvalue weighted by Gasteiger charge is -2.17. The molecule has 1 amide bonds. The fourth-order valence-corrected chi connectivity index (χ4v) is 1.29. The van der Waals surface area contributed by atoms with Crippen LogP contribution >= 0.6 is 0 Å². The quantitative estimate of drug-likeness (QED) is 0.637. The van der Waals surface area contributed by atoms with E-state index in [1.807, 2.05) is 0 Å². The molecule has 0 aliphatic rings. The second-order valence-electron chi connectivity index (χ2n) is 3.41. The van der Waals surface area contributed by atoms with Crippen molar-refractivity contribution in [2.45, 2.75) is 20.0 Å². The molecule has 0 radical (unpaired) electrons. The third kappa shape index (κ3) is 3.83. The van der Waals surface area contributed by atoms with Gasteiger partial charge in [-0.15, -0.1) is 5.10 Å². The maximum absolute atomic E-state index is 11.7. The van der Waals surface area contributed by atoms with Crippen molar-refractivity contribution in [3.05, 3.63) is 11.9 Å². The van der Waals surface area contributed by atoms with Crippen LogP contribution in [0.5, 0.6) is 0 Å². The summed E-state index contributed by atoms with van der Waals surface area (Å²) in [5, 5.41) is 16.1. The summed E-state index contributed by atoms with van der Waals surface area (Å²) in [4.78, 5) is 23.5. The van der Waals surface area contributed by atoms with Crippen LogP contribution in [-0.4, -0.2) is 50.0 Å². The van der Waals surface area contributed by atoms with Gasteiger partial charge in [0.2, 0.25) is 5.91 Å². The van der Waals surface area contributed by atoms with E-state index in [-0.39, 0.29) is 25.5 Å². The fourth-order valence-electron chi connectivity index (χ4n) is 1.29. The Balaban J connectivity index is 2.60. The molecule has 8 heteroatoms. The number of rotatable bonds is 6. The molecular weight excluding hydrogens is 226 g/mol. The Morgan fingerprint density at radius 2 is 2.29 bits per heavy atom. The number of likely N-dealkylation sites (N-methyl/N-ethyl adjacent to an activating group) is 1. The number of hydrogen-bond acceptors (Lipinski definition) is 5. The van der Waals surface area contributed by atoms with Crippen molar-refractivity contribution >= 4 is 11.9 Å². The third-order valence-corrected chi connectivity index (χ3v) is 2.15. The minimum absolute atomic E-state index is 0.0336. The highest BCUT2D eigenvalue weighted by molar-refractivity contribution is 5.81. The van der Waals surface area contributed by atoms with Gasteiger partial charge in [-0.3, -0.25) is 9.59 Å². The SMILES string of the molecule is CCN(CC(=O)O)C(=O)Cn1cc(CN)nn1. The van der Waals surface area contributed by atoms with E-state index in [4.69, 9.17) is 10.8 Å². The van der Waals surface area contributed by atoms with Gasteiger partial charge in [-0.2, -0.15) is 0 Å². The fraction of sp³-hybridized carbons (Fsp3) is 0.556. The van der Waals surface area contributed by atoms with Crippen LogP contribution in [0.15, 0.2) is 6.20 Å². The number of carbonyl (C=O) groups is 2. The molecule has 8 nitrogen and oxygen atoms in total. The molecule has 0 saturated carbocycles. The van der Waals surface area contributed by atoms with Crippen LogP contribution in [0.4, 0.5) is 0 Å². The van der Waals surface area contributed by atoms with Gasteiger partial charge < -0.3 is 15.7 Å². The number of carbonyl (C=O) groups excluding carboxylic acids is 1. The molecule has 1 rings (SSSR count). The molecule has 0 fully saturated rings. The van der Waals surface area contributed by atoms with E-state index in [9.17, 15) is 9.59 Å². The van der Waals surface area contributed by atoms with Crippen molar-refractivity contribution in [2.75, 3.05) is 13.1 Å². The summed E-state index contributed by atoms with van der Waals surface area (Å²) in [6.07, 6.45) is 1.56. The zero-order valence-corrected chi connectivity index (χ0v) is 9.54. The number of carboxylic acid groups (broad SMARTS) is 1. The molecule has 1 heterocycles. The minimum atomic E-state index is -1.04. The van der Waals surface area contributed by atoms with Crippen molar-refractivity contribution in [1.82, 2.24) is 19.9 Å². The Morgan fingerprint density at radius 1 is 1.59 bits per heavy atom. The van der Waals surface area contributed by atoms with Gasteiger partial charge in [0.05, 0.1) is 11.9 Å². The summed E-state index contributed by atoms with van der Waals surface area (Å²) in [6.45, 7) is 1.96. The van der Waals surface area contributed by atoms with Gasteiger partial charge in [-0.25, -0.2) is 4.68 Å². The van der Waals surface area contributed by atoms with Crippen molar-refractivity contribution in [2.24, 2.45) is 5.73 Å². The first-order valence-electron chi connectivity index (χ1n) is 5.15. The monoisotopic (exact) mass is 241 g/mol. The van der Waals surface area contributed by atoms with Crippen LogP contribution in [-0.2, 0) is 22.7 Å². The molecule has 3 N–H and O–H groups in total. The lowest BCUT2D eigenvalue weighted by atomic mass is 10.4. The van der Waals surface area contributed by atoms with Gasteiger partial charge in [0.25, 0.3) is 0 Å². The van der Waals surface area contributed by atoms with E-state index >= 15 is 0 Å². The molecule has 0 saturated heterocycles. The van der Waals surface area contributed by atoms with Crippen LogP contribution in [0.25, 0.3) is 0 Å². The summed E-state index contributed by atoms with van der Waals surface area (Å²) in [7, 11) is 0. The molecule has 0 unspecified atom stereocenters. The molecule has 94 valence electrons. The maximum Gasteiger partial charge on any atom is 0.323 e. The Bertz CT molecular complexity index is 403. The molecule has 0 aliphatic carbocycles. The second kappa shape index (κ2) is 5.94. The van der Waals surface area contributed by atoms with Crippen LogP contribution in [0.2, 0.25) is 0 Å². The topological polar surface area (TPSA) is 114 Å². The average Bonchev–Trinajstić information content (AvgIpc) is 2.73. The summed E-state index contributed by atoms with van der Waals surface area (Å²) >= 11 is 0. The number of carboxylic acids is 1. The van der Waals surface area contributed by atoms with Gasteiger partial charge >= 0.3 is 5.97 Å². The van der Waals surface area contributed by atoms with E-state index in [0.29, 0.717) is 12.2 Å². The Morgan fingerprint density at radius 3 is 2.76 bits per heavy atom. The zero-order chi connectivity index (χ0) is 12.8. The molecule has 17 heavy (non-hydrogen) atoms. The van der Waals surface area contributed by atoms with Crippen molar-refractivity contribution in [1.29, 1.82) is 0 Å². The molecule has 0 aromatic carbocycles. The van der Waals surface area contributed by atoms with Crippen molar-refractivity contribution < 1.29 is 14.7 Å².